The Bertz CT molecular complexity index is 689. The van der Waals surface area contributed by atoms with E-state index in [0.29, 0.717) is 0 Å². The summed E-state index contributed by atoms with van der Waals surface area (Å²) in [5.41, 5.74) is 3.42. The largest absolute Gasteiger partial charge is 0.497 e. The summed E-state index contributed by atoms with van der Waals surface area (Å²) in [7, 11) is 1.66. The number of fused-ring (bicyclic) bond motifs is 1. The third kappa shape index (κ3) is 3.81. The Morgan fingerprint density at radius 1 is 1.22 bits per heavy atom. The average Bonchev–Trinajstić information content (AvgIpc) is 2.54. The molecule has 0 aliphatic carbocycles. The first-order valence-electron chi connectivity index (χ1n) is 7.28. The van der Waals surface area contributed by atoms with E-state index in [4.69, 9.17) is 4.74 Å². The molecule has 2 aromatic carbocycles. The fourth-order valence-corrected chi connectivity index (χ4v) is 2.94. The number of hydrogen-bond acceptors (Lipinski definition) is 4. The van der Waals surface area contributed by atoms with Gasteiger partial charge in [-0.15, -0.1) is 12.4 Å². The predicted octanol–water partition coefficient (Wildman–Crippen LogP) is 3.58. The summed E-state index contributed by atoms with van der Waals surface area (Å²) in [6.45, 7) is 2.43. The zero-order valence-electron chi connectivity index (χ0n) is 12.9. The van der Waals surface area contributed by atoms with Crippen LogP contribution in [-0.2, 0) is 19.5 Å². The summed E-state index contributed by atoms with van der Waals surface area (Å²) in [6.07, 6.45) is 0.725. The number of halogens is 1. The molecule has 0 fully saturated rings. The number of nitrogens with zero attached hydrogens (tertiary/aromatic N) is 2. The molecule has 0 unspecified atom stereocenters. The van der Waals surface area contributed by atoms with Gasteiger partial charge in [0.25, 0.3) is 5.69 Å². The van der Waals surface area contributed by atoms with Crippen LogP contribution in [0.1, 0.15) is 16.7 Å². The van der Waals surface area contributed by atoms with Crippen molar-refractivity contribution in [3.8, 4) is 5.75 Å². The Kier molecular flexibility index (Phi) is 5.58. The van der Waals surface area contributed by atoms with Gasteiger partial charge in [-0.3, -0.25) is 15.0 Å². The molecule has 0 radical (unpaired) electrons. The van der Waals surface area contributed by atoms with Gasteiger partial charge in [-0.25, -0.2) is 0 Å². The van der Waals surface area contributed by atoms with Crippen LogP contribution in [-0.4, -0.2) is 23.5 Å². The molecule has 1 aliphatic heterocycles. The summed E-state index contributed by atoms with van der Waals surface area (Å²) < 4.78 is 5.16. The lowest BCUT2D eigenvalue weighted by atomic mass is 9.97. The molecule has 0 atom stereocenters. The third-order valence-corrected chi connectivity index (χ3v) is 4.08. The maximum Gasteiger partial charge on any atom is 0.272 e. The van der Waals surface area contributed by atoms with Crippen LogP contribution in [0.3, 0.4) is 0 Å². The van der Waals surface area contributed by atoms with Crippen molar-refractivity contribution >= 4 is 18.1 Å². The second-order valence-electron chi connectivity index (χ2n) is 5.48. The Balaban J connectivity index is 0.00000192. The minimum Gasteiger partial charge on any atom is -0.497 e. The zero-order chi connectivity index (χ0) is 15.5. The number of benzene rings is 2. The molecule has 2 aromatic rings. The first kappa shape index (κ1) is 17.2. The molecular weight excluding hydrogens is 316 g/mol. The van der Waals surface area contributed by atoms with Crippen LogP contribution < -0.4 is 4.74 Å². The van der Waals surface area contributed by atoms with Crippen LogP contribution >= 0.6 is 12.4 Å². The summed E-state index contributed by atoms with van der Waals surface area (Å²) in [6, 6.07) is 13.4. The molecule has 0 amide bonds. The van der Waals surface area contributed by atoms with Gasteiger partial charge in [-0.2, -0.15) is 0 Å². The first-order valence-corrected chi connectivity index (χ1v) is 7.28. The third-order valence-electron chi connectivity index (χ3n) is 4.08. The Morgan fingerprint density at radius 3 is 2.61 bits per heavy atom. The van der Waals surface area contributed by atoms with E-state index in [0.717, 1.165) is 42.9 Å². The highest BCUT2D eigenvalue weighted by Gasteiger charge is 2.23. The molecule has 0 N–H and O–H groups in total. The van der Waals surface area contributed by atoms with E-state index in [1.54, 1.807) is 19.2 Å². The maximum absolute atomic E-state index is 11.1. The summed E-state index contributed by atoms with van der Waals surface area (Å²) >= 11 is 0. The minimum absolute atomic E-state index is 0. The molecule has 0 bridgehead atoms. The second kappa shape index (κ2) is 7.44. The lowest BCUT2D eigenvalue weighted by Gasteiger charge is -2.28. The summed E-state index contributed by atoms with van der Waals surface area (Å²) in [5.74, 6) is 0.850. The average molecular weight is 335 g/mol. The second-order valence-corrected chi connectivity index (χ2v) is 5.48. The number of methoxy groups -OCH3 is 1. The Morgan fingerprint density at radius 2 is 1.96 bits per heavy atom. The molecule has 5 nitrogen and oxygen atoms in total. The molecule has 0 saturated heterocycles. The van der Waals surface area contributed by atoms with Gasteiger partial charge in [-0.05, 0) is 29.7 Å². The molecular formula is C17H19ClN2O3. The SMILES string of the molecule is COc1ccc(CN2CCc3c(cccc3[N+](=O)[O-])C2)cc1.Cl. The highest BCUT2D eigenvalue weighted by Crippen LogP contribution is 2.28. The summed E-state index contributed by atoms with van der Waals surface area (Å²) in [4.78, 5) is 13.1. The van der Waals surface area contributed by atoms with Crippen molar-refractivity contribution in [3.63, 3.8) is 0 Å². The van der Waals surface area contributed by atoms with Gasteiger partial charge in [0.05, 0.1) is 12.0 Å². The lowest BCUT2D eigenvalue weighted by Crippen LogP contribution is -2.30. The molecule has 1 aliphatic rings. The van der Waals surface area contributed by atoms with Crippen molar-refractivity contribution in [3.05, 3.63) is 69.3 Å². The normalized spacial score (nSPS) is 13.8. The molecule has 0 saturated carbocycles. The van der Waals surface area contributed by atoms with Crippen LogP contribution in [0.25, 0.3) is 0 Å². The highest BCUT2D eigenvalue weighted by atomic mass is 35.5. The first-order chi connectivity index (χ1) is 10.7. The van der Waals surface area contributed by atoms with E-state index in [1.807, 2.05) is 18.2 Å². The smallest absolute Gasteiger partial charge is 0.272 e. The fourth-order valence-electron chi connectivity index (χ4n) is 2.94. The predicted molar refractivity (Wildman–Crippen MR) is 91.2 cm³/mol. The highest BCUT2D eigenvalue weighted by molar-refractivity contribution is 5.85. The monoisotopic (exact) mass is 334 g/mol. The van der Waals surface area contributed by atoms with E-state index >= 15 is 0 Å². The van der Waals surface area contributed by atoms with E-state index in [-0.39, 0.29) is 23.0 Å². The molecule has 122 valence electrons. The molecule has 1 heterocycles. The van der Waals surface area contributed by atoms with Crippen molar-refractivity contribution in [2.45, 2.75) is 19.5 Å². The number of nitro groups is 1. The number of rotatable bonds is 4. The summed E-state index contributed by atoms with van der Waals surface area (Å²) in [5, 5.41) is 11.1. The molecule has 23 heavy (non-hydrogen) atoms. The minimum atomic E-state index is -0.280. The van der Waals surface area contributed by atoms with Crippen LogP contribution in [0.2, 0.25) is 0 Å². The molecule has 6 heteroatoms. The van der Waals surface area contributed by atoms with E-state index in [9.17, 15) is 10.1 Å². The van der Waals surface area contributed by atoms with E-state index < -0.39 is 0 Å². The number of ether oxygens (including phenoxy) is 1. The van der Waals surface area contributed by atoms with E-state index in [2.05, 4.69) is 17.0 Å². The van der Waals surface area contributed by atoms with Crippen molar-refractivity contribution in [2.24, 2.45) is 0 Å². The van der Waals surface area contributed by atoms with Crippen molar-refractivity contribution in [2.75, 3.05) is 13.7 Å². The Hall–Kier alpha value is -2.11. The number of hydrogen-bond donors (Lipinski definition) is 0. The molecule has 0 aromatic heterocycles. The van der Waals surface area contributed by atoms with Crippen LogP contribution in [0, 0.1) is 10.1 Å². The topological polar surface area (TPSA) is 55.6 Å². The van der Waals surface area contributed by atoms with Crippen LogP contribution in [0.4, 0.5) is 5.69 Å². The van der Waals surface area contributed by atoms with Crippen LogP contribution in [0.5, 0.6) is 5.75 Å². The van der Waals surface area contributed by atoms with Gasteiger partial charge in [0, 0.05) is 31.3 Å². The van der Waals surface area contributed by atoms with Gasteiger partial charge in [0.15, 0.2) is 0 Å². The van der Waals surface area contributed by atoms with Gasteiger partial charge < -0.3 is 4.74 Å². The van der Waals surface area contributed by atoms with Gasteiger partial charge in [0.2, 0.25) is 0 Å². The lowest BCUT2D eigenvalue weighted by molar-refractivity contribution is -0.385. The van der Waals surface area contributed by atoms with Gasteiger partial charge in [0.1, 0.15) is 5.75 Å². The molecule has 3 rings (SSSR count). The fraction of sp³-hybridized carbons (Fsp3) is 0.294. The quantitative estimate of drug-likeness (QED) is 0.633. The van der Waals surface area contributed by atoms with Gasteiger partial charge >= 0.3 is 0 Å². The van der Waals surface area contributed by atoms with Crippen molar-refractivity contribution < 1.29 is 9.66 Å². The van der Waals surface area contributed by atoms with Crippen LogP contribution in [0.15, 0.2) is 42.5 Å². The standard InChI is InChI=1S/C17H18N2O3.ClH/c1-22-15-7-5-13(6-8-15)11-18-10-9-16-14(12-18)3-2-4-17(16)19(20)21;/h2-8H,9-12H2,1H3;1H. The number of nitro benzene ring substituents is 1. The van der Waals surface area contributed by atoms with E-state index in [1.165, 1.54) is 5.56 Å². The van der Waals surface area contributed by atoms with Crippen molar-refractivity contribution in [1.29, 1.82) is 0 Å². The van der Waals surface area contributed by atoms with Gasteiger partial charge in [-0.1, -0.05) is 24.3 Å². The zero-order valence-corrected chi connectivity index (χ0v) is 13.7. The van der Waals surface area contributed by atoms with Crippen molar-refractivity contribution in [1.82, 2.24) is 4.90 Å². The Labute approximate surface area is 141 Å². The maximum atomic E-state index is 11.1. The molecule has 0 spiro atoms.